The number of hydrogen-bond acceptors (Lipinski definition) is 4. The molecule has 1 saturated carbocycles. The molecule has 3 rings (SSSR count). The maximum absolute atomic E-state index is 10.5. The Balaban J connectivity index is 1.40. The fourth-order valence-corrected chi connectivity index (χ4v) is 4.06. The van der Waals surface area contributed by atoms with Crippen molar-refractivity contribution >= 4 is 5.97 Å². The summed E-state index contributed by atoms with van der Waals surface area (Å²) in [7, 11) is 0. The third-order valence-electron chi connectivity index (χ3n) is 4.98. The molecule has 2 saturated heterocycles. The Kier molecular flexibility index (Phi) is 3.77. The molecular weight excluding hydrogens is 258 g/mol. The first-order chi connectivity index (χ1) is 9.49. The van der Waals surface area contributed by atoms with Crippen molar-refractivity contribution in [2.75, 3.05) is 26.2 Å². The van der Waals surface area contributed by atoms with Gasteiger partial charge in [0.15, 0.2) is 0 Å². The molecule has 0 aromatic heterocycles. The van der Waals surface area contributed by atoms with Crippen LogP contribution in [0.15, 0.2) is 0 Å². The van der Waals surface area contributed by atoms with Gasteiger partial charge in [-0.3, -0.25) is 4.90 Å². The third-order valence-corrected chi connectivity index (χ3v) is 4.98. The highest BCUT2D eigenvalue weighted by molar-refractivity contribution is 5.68. The number of hydrogen-bond donors (Lipinski definition) is 1. The average Bonchev–Trinajstić information content (AvgIpc) is 2.96. The van der Waals surface area contributed by atoms with Crippen LogP contribution in [0.3, 0.4) is 0 Å². The average molecular weight is 283 g/mol. The third kappa shape index (κ3) is 3.00. The Morgan fingerprint density at radius 3 is 2.70 bits per heavy atom. The van der Waals surface area contributed by atoms with E-state index < -0.39 is 5.97 Å². The van der Waals surface area contributed by atoms with Gasteiger partial charge in [0.2, 0.25) is 0 Å². The molecule has 5 nitrogen and oxygen atoms in total. The second kappa shape index (κ2) is 5.28. The van der Waals surface area contributed by atoms with E-state index in [4.69, 9.17) is 14.6 Å². The number of nitrogens with zero attached hydrogens (tertiary/aromatic N) is 1. The van der Waals surface area contributed by atoms with E-state index in [-0.39, 0.29) is 17.8 Å². The zero-order valence-corrected chi connectivity index (χ0v) is 12.3. The molecule has 5 heteroatoms. The molecule has 0 amide bonds. The zero-order valence-electron chi connectivity index (χ0n) is 12.3. The second-order valence-corrected chi connectivity index (χ2v) is 6.97. The van der Waals surface area contributed by atoms with Crippen molar-refractivity contribution in [2.24, 2.45) is 0 Å². The predicted molar refractivity (Wildman–Crippen MR) is 73.7 cm³/mol. The fraction of sp³-hybridized carbons (Fsp3) is 0.933. The number of rotatable bonds is 5. The van der Waals surface area contributed by atoms with Gasteiger partial charge in [-0.25, -0.2) is 4.79 Å². The van der Waals surface area contributed by atoms with Crippen molar-refractivity contribution in [3.8, 4) is 0 Å². The van der Waals surface area contributed by atoms with Crippen LogP contribution >= 0.6 is 0 Å². The van der Waals surface area contributed by atoms with Crippen LogP contribution in [0.2, 0.25) is 0 Å². The molecule has 0 aromatic carbocycles. The maximum atomic E-state index is 10.5. The monoisotopic (exact) mass is 283 g/mol. The number of likely N-dealkylation sites (tertiary alicyclic amines) is 1. The van der Waals surface area contributed by atoms with Gasteiger partial charge in [0.1, 0.15) is 6.61 Å². The van der Waals surface area contributed by atoms with Crippen LogP contribution in [0.1, 0.15) is 45.4 Å². The Morgan fingerprint density at radius 2 is 2.05 bits per heavy atom. The number of carboxylic acid groups (broad SMARTS) is 1. The summed E-state index contributed by atoms with van der Waals surface area (Å²) < 4.78 is 11.7. The lowest BCUT2D eigenvalue weighted by Gasteiger charge is -2.48. The summed E-state index contributed by atoms with van der Waals surface area (Å²) in [5, 5.41) is 8.65. The summed E-state index contributed by atoms with van der Waals surface area (Å²) >= 11 is 0. The highest BCUT2D eigenvalue weighted by Crippen LogP contribution is 2.43. The molecule has 1 N–H and O–H groups in total. The molecule has 3 aliphatic rings. The smallest absolute Gasteiger partial charge is 0.329 e. The molecule has 3 fully saturated rings. The summed E-state index contributed by atoms with van der Waals surface area (Å²) in [6.45, 7) is 4.38. The molecule has 0 bridgehead atoms. The van der Waals surface area contributed by atoms with Gasteiger partial charge in [-0.05, 0) is 32.6 Å². The van der Waals surface area contributed by atoms with Gasteiger partial charge in [-0.2, -0.15) is 0 Å². The number of aliphatic carboxylic acids is 1. The minimum Gasteiger partial charge on any atom is -0.480 e. The first-order valence-corrected chi connectivity index (χ1v) is 7.75. The van der Waals surface area contributed by atoms with E-state index in [1.54, 1.807) is 0 Å². The highest BCUT2D eigenvalue weighted by Gasteiger charge is 2.45. The molecule has 1 atom stereocenters. The standard InChI is InChI=1S/C15H25NO4/c1-14(19-9-13(17)18)10-16(11-14)8-12-4-7-15(20-12)5-2-3-6-15/h12H,2-11H2,1H3,(H,17,18). The van der Waals surface area contributed by atoms with Gasteiger partial charge in [-0.1, -0.05) is 12.8 Å². The van der Waals surface area contributed by atoms with E-state index in [2.05, 4.69) is 4.90 Å². The van der Waals surface area contributed by atoms with E-state index >= 15 is 0 Å². The number of ether oxygens (including phenoxy) is 2. The Labute approximate surface area is 120 Å². The Morgan fingerprint density at radius 1 is 1.35 bits per heavy atom. The van der Waals surface area contributed by atoms with E-state index in [1.165, 1.54) is 38.5 Å². The van der Waals surface area contributed by atoms with E-state index in [1.807, 2.05) is 6.92 Å². The van der Waals surface area contributed by atoms with Crippen LogP contribution in [-0.2, 0) is 14.3 Å². The molecule has 1 unspecified atom stereocenters. The molecule has 2 aliphatic heterocycles. The van der Waals surface area contributed by atoms with E-state index in [9.17, 15) is 4.79 Å². The lowest BCUT2D eigenvalue weighted by atomic mass is 9.95. The number of carboxylic acids is 1. The Hall–Kier alpha value is -0.650. The van der Waals surface area contributed by atoms with E-state index in [0.717, 1.165) is 19.6 Å². The molecular formula is C15H25NO4. The van der Waals surface area contributed by atoms with Crippen molar-refractivity contribution in [1.82, 2.24) is 4.90 Å². The van der Waals surface area contributed by atoms with Crippen LogP contribution in [0, 0.1) is 0 Å². The van der Waals surface area contributed by atoms with Crippen molar-refractivity contribution in [1.29, 1.82) is 0 Å². The Bertz CT molecular complexity index is 372. The first kappa shape index (κ1) is 14.3. The van der Waals surface area contributed by atoms with Crippen molar-refractivity contribution < 1.29 is 19.4 Å². The van der Waals surface area contributed by atoms with Crippen molar-refractivity contribution in [3.05, 3.63) is 0 Å². The van der Waals surface area contributed by atoms with Gasteiger partial charge in [-0.15, -0.1) is 0 Å². The van der Waals surface area contributed by atoms with Crippen LogP contribution < -0.4 is 0 Å². The molecule has 0 aromatic rings. The molecule has 2 heterocycles. The summed E-state index contributed by atoms with van der Waals surface area (Å²) in [5.74, 6) is -0.896. The van der Waals surface area contributed by atoms with Crippen LogP contribution in [-0.4, -0.2) is 59.5 Å². The normalized spacial score (nSPS) is 31.6. The molecule has 20 heavy (non-hydrogen) atoms. The van der Waals surface area contributed by atoms with Crippen molar-refractivity contribution in [2.45, 2.75) is 62.8 Å². The number of carbonyl (C=O) groups is 1. The summed E-state index contributed by atoms with van der Waals surface area (Å²) in [5.41, 5.74) is -0.0827. The molecule has 1 aliphatic carbocycles. The largest absolute Gasteiger partial charge is 0.480 e. The fourth-order valence-electron chi connectivity index (χ4n) is 4.06. The molecule has 1 spiro atoms. The zero-order chi connectivity index (χ0) is 14.2. The quantitative estimate of drug-likeness (QED) is 0.831. The minimum absolute atomic E-state index is 0.201. The summed E-state index contributed by atoms with van der Waals surface area (Å²) in [4.78, 5) is 12.9. The second-order valence-electron chi connectivity index (χ2n) is 6.97. The first-order valence-electron chi connectivity index (χ1n) is 7.75. The highest BCUT2D eigenvalue weighted by atomic mass is 16.5. The minimum atomic E-state index is -0.896. The van der Waals surface area contributed by atoms with Crippen LogP contribution in [0.4, 0.5) is 0 Å². The summed E-state index contributed by atoms with van der Waals surface area (Å²) in [6.07, 6.45) is 7.86. The summed E-state index contributed by atoms with van der Waals surface area (Å²) in [6, 6.07) is 0. The topological polar surface area (TPSA) is 59.0 Å². The van der Waals surface area contributed by atoms with Gasteiger partial charge in [0.05, 0.1) is 17.3 Å². The lowest BCUT2D eigenvalue weighted by Crippen LogP contribution is -2.63. The predicted octanol–water partition coefficient (Wildman–Crippen LogP) is 1.65. The lowest BCUT2D eigenvalue weighted by molar-refractivity contribution is -0.169. The molecule has 0 radical (unpaired) electrons. The van der Waals surface area contributed by atoms with Crippen LogP contribution in [0.5, 0.6) is 0 Å². The van der Waals surface area contributed by atoms with Gasteiger partial charge >= 0.3 is 5.97 Å². The molecule has 114 valence electrons. The van der Waals surface area contributed by atoms with Crippen molar-refractivity contribution in [3.63, 3.8) is 0 Å². The van der Waals surface area contributed by atoms with Gasteiger partial charge < -0.3 is 14.6 Å². The van der Waals surface area contributed by atoms with E-state index in [0.29, 0.717) is 6.10 Å². The van der Waals surface area contributed by atoms with Gasteiger partial charge in [0, 0.05) is 19.6 Å². The van der Waals surface area contributed by atoms with Crippen LogP contribution in [0.25, 0.3) is 0 Å². The maximum Gasteiger partial charge on any atom is 0.329 e. The SMILES string of the molecule is CC1(OCC(=O)O)CN(CC2CCC3(CCCC3)O2)C1. The van der Waals surface area contributed by atoms with Gasteiger partial charge in [0.25, 0.3) is 0 Å².